The third-order valence-electron chi connectivity index (χ3n) is 6.04. The number of fused-ring (bicyclic) bond motifs is 3. The number of para-hydroxylation sites is 3. The molecule has 3 heterocycles. The summed E-state index contributed by atoms with van der Waals surface area (Å²) < 4.78 is 3.62. The molecule has 8 heteroatoms. The Kier molecular flexibility index (Phi) is 5.07. The van der Waals surface area contributed by atoms with E-state index in [1.54, 1.807) is 4.57 Å². The summed E-state index contributed by atoms with van der Waals surface area (Å²) in [6.45, 7) is 4.61. The number of aromatic nitrogens is 4. The van der Waals surface area contributed by atoms with Crippen molar-refractivity contribution in [1.29, 1.82) is 0 Å². The lowest BCUT2D eigenvalue weighted by molar-refractivity contribution is 0.145. The van der Waals surface area contributed by atoms with Crippen molar-refractivity contribution in [3.05, 3.63) is 64.7 Å². The van der Waals surface area contributed by atoms with E-state index in [-0.39, 0.29) is 11.7 Å². The maximum atomic E-state index is 12.8. The van der Waals surface area contributed by atoms with Crippen molar-refractivity contribution in [1.82, 2.24) is 19.2 Å². The van der Waals surface area contributed by atoms with Gasteiger partial charge in [-0.2, -0.15) is 0 Å². The summed E-state index contributed by atoms with van der Waals surface area (Å²) in [5, 5.41) is 22.7. The first-order valence-corrected chi connectivity index (χ1v) is 10.8. The SMILES string of the molecule is CCn1c(=O)c2ccccc2n2c(CNc3ccccc3N3CCC(O)CC3)nnc12. The molecule has 2 aromatic heterocycles. The molecule has 8 nitrogen and oxygen atoms in total. The minimum absolute atomic E-state index is 0.0462. The average Bonchev–Trinajstić information content (AvgIpc) is 3.23. The number of aliphatic hydroxyl groups excluding tert-OH is 1. The van der Waals surface area contributed by atoms with E-state index < -0.39 is 0 Å². The summed E-state index contributed by atoms with van der Waals surface area (Å²) >= 11 is 0. The molecule has 0 aliphatic carbocycles. The number of aryl methyl sites for hydroxylation is 1. The first-order chi connectivity index (χ1) is 15.2. The molecule has 0 amide bonds. The number of rotatable bonds is 5. The van der Waals surface area contributed by atoms with Gasteiger partial charge in [-0.05, 0) is 44.0 Å². The Morgan fingerprint density at radius 2 is 1.81 bits per heavy atom. The lowest BCUT2D eigenvalue weighted by Gasteiger charge is -2.32. The second kappa shape index (κ2) is 8.03. The molecule has 0 unspecified atom stereocenters. The second-order valence-electron chi connectivity index (χ2n) is 7.91. The van der Waals surface area contributed by atoms with E-state index in [0.29, 0.717) is 24.3 Å². The van der Waals surface area contributed by atoms with Crippen molar-refractivity contribution in [3.63, 3.8) is 0 Å². The van der Waals surface area contributed by atoms with E-state index in [2.05, 4.69) is 32.5 Å². The number of nitrogens with zero attached hydrogens (tertiary/aromatic N) is 5. The normalized spacial score (nSPS) is 15.1. The first-order valence-electron chi connectivity index (χ1n) is 10.8. The lowest BCUT2D eigenvalue weighted by Crippen LogP contribution is -2.36. The van der Waals surface area contributed by atoms with Crippen LogP contribution in [-0.4, -0.2) is 43.5 Å². The molecule has 0 spiro atoms. The quantitative estimate of drug-likeness (QED) is 0.518. The summed E-state index contributed by atoms with van der Waals surface area (Å²) in [7, 11) is 0. The fourth-order valence-corrected chi connectivity index (χ4v) is 4.39. The van der Waals surface area contributed by atoms with Gasteiger partial charge in [0.15, 0.2) is 5.82 Å². The molecule has 5 rings (SSSR count). The largest absolute Gasteiger partial charge is 0.393 e. The molecule has 160 valence electrons. The molecule has 1 saturated heterocycles. The summed E-state index contributed by atoms with van der Waals surface area (Å²) in [5.74, 6) is 1.30. The van der Waals surface area contributed by atoms with E-state index in [0.717, 1.165) is 48.6 Å². The van der Waals surface area contributed by atoms with Gasteiger partial charge in [-0.1, -0.05) is 24.3 Å². The molecule has 0 radical (unpaired) electrons. The van der Waals surface area contributed by atoms with Crippen molar-refractivity contribution in [2.75, 3.05) is 23.3 Å². The third kappa shape index (κ3) is 3.42. The maximum Gasteiger partial charge on any atom is 0.262 e. The fourth-order valence-electron chi connectivity index (χ4n) is 4.39. The van der Waals surface area contributed by atoms with Gasteiger partial charge in [0.1, 0.15) is 0 Å². The average molecular weight is 419 g/mol. The summed E-state index contributed by atoms with van der Waals surface area (Å²) in [6.07, 6.45) is 1.36. The summed E-state index contributed by atoms with van der Waals surface area (Å²) in [6, 6.07) is 15.8. The predicted molar refractivity (Wildman–Crippen MR) is 122 cm³/mol. The van der Waals surface area contributed by atoms with Crippen molar-refractivity contribution >= 4 is 28.1 Å². The molecular formula is C23H26N6O2. The molecule has 0 atom stereocenters. The molecule has 31 heavy (non-hydrogen) atoms. The molecule has 2 aromatic carbocycles. The highest BCUT2D eigenvalue weighted by Crippen LogP contribution is 2.29. The molecular weight excluding hydrogens is 392 g/mol. The van der Waals surface area contributed by atoms with E-state index in [1.807, 2.05) is 47.7 Å². The second-order valence-corrected chi connectivity index (χ2v) is 7.91. The molecule has 1 aliphatic rings. The highest BCUT2D eigenvalue weighted by Gasteiger charge is 2.20. The Balaban J connectivity index is 1.51. The lowest BCUT2D eigenvalue weighted by atomic mass is 10.1. The monoisotopic (exact) mass is 418 g/mol. The van der Waals surface area contributed by atoms with Crippen LogP contribution in [0.15, 0.2) is 53.3 Å². The van der Waals surface area contributed by atoms with Crippen LogP contribution in [0.2, 0.25) is 0 Å². The number of hydrogen-bond donors (Lipinski definition) is 2. The van der Waals surface area contributed by atoms with E-state index in [9.17, 15) is 9.90 Å². The predicted octanol–water partition coefficient (Wildman–Crippen LogP) is 2.64. The van der Waals surface area contributed by atoms with Crippen LogP contribution < -0.4 is 15.8 Å². The topological polar surface area (TPSA) is 87.7 Å². The van der Waals surface area contributed by atoms with Crippen molar-refractivity contribution in [2.24, 2.45) is 0 Å². The number of benzene rings is 2. The van der Waals surface area contributed by atoms with Crippen LogP contribution >= 0.6 is 0 Å². The van der Waals surface area contributed by atoms with Crippen molar-refractivity contribution in [3.8, 4) is 0 Å². The zero-order valence-electron chi connectivity index (χ0n) is 17.5. The van der Waals surface area contributed by atoms with Gasteiger partial charge in [-0.15, -0.1) is 10.2 Å². The minimum atomic E-state index is -0.205. The van der Waals surface area contributed by atoms with E-state index >= 15 is 0 Å². The van der Waals surface area contributed by atoms with E-state index in [4.69, 9.17) is 0 Å². The molecule has 4 aromatic rings. The van der Waals surface area contributed by atoms with Gasteiger partial charge in [0, 0.05) is 19.6 Å². The maximum absolute atomic E-state index is 12.8. The number of aliphatic hydroxyl groups is 1. The van der Waals surface area contributed by atoms with Crippen LogP contribution in [0.4, 0.5) is 11.4 Å². The van der Waals surface area contributed by atoms with Crippen LogP contribution in [0.1, 0.15) is 25.6 Å². The van der Waals surface area contributed by atoms with Crippen LogP contribution in [0, 0.1) is 0 Å². The zero-order valence-corrected chi connectivity index (χ0v) is 17.5. The van der Waals surface area contributed by atoms with Gasteiger partial charge in [-0.3, -0.25) is 13.8 Å². The summed E-state index contributed by atoms with van der Waals surface area (Å²) in [4.78, 5) is 15.2. The smallest absolute Gasteiger partial charge is 0.262 e. The number of piperidine rings is 1. The first kappa shape index (κ1) is 19.6. The van der Waals surface area contributed by atoms with Crippen molar-refractivity contribution in [2.45, 2.75) is 39.0 Å². The number of anilines is 2. The Hall–Kier alpha value is -3.39. The number of nitrogens with one attached hydrogen (secondary N) is 1. The molecule has 1 aliphatic heterocycles. The molecule has 1 fully saturated rings. The van der Waals surface area contributed by atoms with Gasteiger partial charge in [-0.25, -0.2) is 0 Å². The highest BCUT2D eigenvalue weighted by atomic mass is 16.3. The molecule has 0 saturated carbocycles. The Morgan fingerprint density at radius 1 is 1.06 bits per heavy atom. The van der Waals surface area contributed by atoms with Gasteiger partial charge in [0.05, 0.1) is 34.9 Å². The molecule has 2 N–H and O–H groups in total. The number of hydrogen-bond acceptors (Lipinski definition) is 6. The van der Waals surface area contributed by atoms with Crippen LogP contribution in [0.25, 0.3) is 16.7 Å². The van der Waals surface area contributed by atoms with Gasteiger partial charge in [0.25, 0.3) is 5.56 Å². The van der Waals surface area contributed by atoms with Crippen LogP contribution in [0.3, 0.4) is 0 Å². The summed E-state index contributed by atoms with van der Waals surface area (Å²) in [5.41, 5.74) is 2.91. The van der Waals surface area contributed by atoms with Gasteiger partial charge < -0.3 is 15.3 Å². The Bertz CT molecular complexity index is 1290. The minimum Gasteiger partial charge on any atom is -0.393 e. The third-order valence-corrected chi connectivity index (χ3v) is 6.04. The fraction of sp³-hybridized carbons (Fsp3) is 0.348. The Labute approximate surface area is 179 Å². The van der Waals surface area contributed by atoms with Crippen LogP contribution in [-0.2, 0) is 13.1 Å². The van der Waals surface area contributed by atoms with Crippen LogP contribution in [0.5, 0.6) is 0 Å². The zero-order chi connectivity index (χ0) is 21.4. The van der Waals surface area contributed by atoms with Gasteiger partial charge in [0.2, 0.25) is 5.78 Å². The van der Waals surface area contributed by atoms with E-state index in [1.165, 1.54) is 0 Å². The highest BCUT2D eigenvalue weighted by molar-refractivity contribution is 5.80. The molecule has 0 bridgehead atoms. The Morgan fingerprint density at radius 3 is 2.61 bits per heavy atom. The van der Waals surface area contributed by atoms with Crippen molar-refractivity contribution < 1.29 is 5.11 Å². The standard InChI is InChI=1S/C23H26N6O2/c1-2-28-22(31)17-7-3-5-9-19(17)29-21(25-26-23(28)29)15-24-18-8-4-6-10-20(18)27-13-11-16(30)12-14-27/h3-10,16,24,30H,2,11-15H2,1H3. The van der Waals surface area contributed by atoms with Gasteiger partial charge >= 0.3 is 0 Å².